The van der Waals surface area contributed by atoms with Gasteiger partial charge in [-0.25, -0.2) is 14.6 Å². The van der Waals surface area contributed by atoms with Gasteiger partial charge in [0.1, 0.15) is 5.01 Å². The molecule has 0 fully saturated rings. The van der Waals surface area contributed by atoms with Crippen molar-refractivity contribution < 1.29 is 34.8 Å². The normalized spacial score (nSPS) is 15.5. The molecule has 0 saturated heterocycles. The number of carbonyl (C=O) groups is 3. The van der Waals surface area contributed by atoms with Crippen LogP contribution in [0.1, 0.15) is 41.7 Å². The summed E-state index contributed by atoms with van der Waals surface area (Å²) < 4.78 is 0. The third-order valence-corrected chi connectivity index (χ3v) is 4.63. The molecule has 0 aliphatic carbocycles. The number of carboxylic acids is 2. The highest BCUT2D eigenvalue weighted by Gasteiger charge is 2.27. The maximum atomic E-state index is 12.1. The molecule has 1 aromatic rings. The fourth-order valence-electron chi connectivity index (χ4n) is 1.98. The zero-order valence-corrected chi connectivity index (χ0v) is 14.8. The molecule has 0 saturated carbocycles. The molecule has 146 valence electrons. The number of nitrogens with zero attached hydrogens (tertiary/aromatic N) is 1. The molecule has 0 bridgehead atoms. The van der Waals surface area contributed by atoms with Gasteiger partial charge in [0.25, 0.3) is 0 Å². The summed E-state index contributed by atoms with van der Waals surface area (Å²) in [6.45, 7) is 0.911. The van der Waals surface area contributed by atoms with E-state index in [-0.39, 0.29) is 19.4 Å². The van der Waals surface area contributed by atoms with Gasteiger partial charge in [-0.2, -0.15) is 0 Å². The Morgan fingerprint density at radius 3 is 2.46 bits per heavy atom. The van der Waals surface area contributed by atoms with Crippen LogP contribution in [-0.2, 0) is 9.59 Å². The Balaban J connectivity index is 2.89. The van der Waals surface area contributed by atoms with E-state index in [1.165, 1.54) is 13.1 Å². The third-order valence-electron chi connectivity index (χ3n) is 3.39. The smallest absolute Gasteiger partial charge is 0.328 e. The van der Waals surface area contributed by atoms with Gasteiger partial charge >= 0.3 is 18.0 Å². The second-order valence-electron chi connectivity index (χ2n) is 5.55. The number of nitrogens with two attached hydrogens (primary N) is 1. The van der Waals surface area contributed by atoms with Crippen LogP contribution in [0.15, 0.2) is 6.20 Å². The lowest BCUT2D eigenvalue weighted by atomic mass is 10.1. The molecule has 11 nitrogen and oxygen atoms in total. The zero-order valence-electron chi connectivity index (χ0n) is 14.0. The van der Waals surface area contributed by atoms with Crippen molar-refractivity contribution in [2.75, 3.05) is 6.61 Å². The van der Waals surface area contributed by atoms with E-state index in [9.17, 15) is 19.5 Å². The number of hydrogen-bond donors (Lipinski definition) is 7. The first-order chi connectivity index (χ1) is 12.1. The Hall–Kier alpha value is -2.28. The van der Waals surface area contributed by atoms with Crippen molar-refractivity contribution in [3.05, 3.63) is 16.1 Å². The average molecular weight is 390 g/mol. The molecule has 26 heavy (non-hydrogen) atoms. The summed E-state index contributed by atoms with van der Waals surface area (Å²) in [5, 5.41) is 41.2. The quantitative estimate of drug-likeness (QED) is 0.267. The average Bonchev–Trinajstić information content (AvgIpc) is 3.04. The number of aromatic nitrogens is 1. The van der Waals surface area contributed by atoms with E-state index >= 15 is 0 Å². The van der Waals surface area contributed by atoms with E-state index < -0.39 is 42.2 Å². The molecule has 0 radical (unpaired) electrons. The molecule has 12 heteroatoms. The fourth-order valence-corrected chi connectivity index (χ4v) is 2.98. The van der Waals surface area contributed by atoms with Gasteiger partial charge in [0.15, 0.2) is 6.04 Å². The third kappa shape index (κ3) is 6.55. The molecular formula is C14H22N4O7S. The van der Waals surface area contributed by atoms with Crippen molar-refractivity contribution in [3.63, 3.8) is 0 Å². The SMILES string of the molecule is C[C@H](O)[C@H](NC(=O)N[C@@H](CCC(=O)O)c1ncc([C@@H](N)CO)s1)C(=O)O. The number of hydrogen-bond acceptors (Lipinski definition) is 8. The number of rotatable bonds is 10. The Morgan fingerprint density at radius 2 is 1.96 bits per heavy atom. The maximum Gasteiger partial charge on any atom is 0.328 e. The van der Waals surface area contributed by atoms with Crippen molar-refractivity contribution >= 4 is 29.3 Å². The van der Waals surface area contributed by atoms with Gasteiger partial charge in [0, 0.05) is 17.5 Å². The lowest BCUT2D eigenvalue weighted by Gasteiger charge is -2.20. The van der Waals surface area contributed by atoms with Gasteiger partial charge in [-0.3, -0.25) is 4.79 Å². The van der Waals surface area contributed by atoms with E-state index in [4.69, 9.17) is 21.1 Å². The van der Waals surface area contributed by atoms with Crippen LogP contribution in [0.4, 0.5) is 4.79 Å². The molecular weight excluding hydrogens is 368 g/mol. The van der Waals surface area contributed by atoms with Gasteiger partial charge in [-0.05, 0) is 13.3 Å². The van der Waals surface area contributed by atoms with Crippen molar-refractivity contribution in [2.45, 2.75) is 44.0 Å². The van der Waals surface area contributed by atoms with Crippen molar-refractivity contribution in [3.8, 4) is 0 Å². The van der Waals surface area contributed by atoms with Gasteiger partial charge in [0.2, 0.25) is 0 Å². The van der Waals surface area contributed by atoms with Crippen molar-refractivity contribution in [1.82, 2.24) is 15.6 Å². The summed E-state index contributed by atoms with van der Waals surface area (Å²) in [7, 11) is 0. The van der Waals surface area contributed by atoms with Gasteiger partial charge in [-0.1, -0.05) is 0 Å². The van der Waals surface area contributed by atoms with Crippen molar-refractivity contribution in [1.29, 1.82) is 0 Å². The number of urea groups is 1. The zero-order chi connectivity index (χ0) is 19.9. The Labute approximate surface area is 152 Å². The number of amides is 2. The molecule has 1 heterocycles. The molecule has 4 atom stereocenters. The Bertz CT molecular complexity index is 637. The lowest BCUT2D eigenvalue weighted by Crippen LogP contribution is -2.51. The first-order valence-electron chi connectivity index (χ1n) is 7.67. The molecule has 8 N–H and O–H groups in total. The predicted molar refractivity (Wildman–Crippen MR) is 90.5 cm³/mol. The molecule has 0 aliphatic heterocycles. The van der Waals surface area contributed by atoms with E-state index in [0.29, 0.717) is 9.88 Å². The second kappa shape index (κ2) is 10.0. The number of carbonyl (C=O) groups excluding carboxylic acids is 1. The van der Waals surface area contributed by atoms with E-state index in [2.05, 4.69) is 15.6 Å². The number of aliphatic carboxylic acids is 2. The monoisotopic (exact) mass is 390 g/mol. The summed E-state index contributed by atoms with van der Waals surface area (Å²) in [4.78, 5) is 38.6. The fraction of sp³-hybridized carbons (Fsp3) is 0.571. The molecule has 1 rings (SSSR count). The van der Waals surface area contributed by atoms with E-state index in [1.807, 2.05) is 0 Å². The highest BCUT2D eigenvalue weighted by Crippen LogP contribution is 2.26. The van der Waals surface area contributed by atoms with Crippen molar-refractivity contribution in [2.24, 2.45) is 5.73 Å². The van der Waals surface area contributed by atoms with Gasteiger partial charge in [0.05, 0.1) is 24.8 Å². The molecule has 0 aromatic carbocycles. The highest BCUT2D eigenvalue weighted by atomic mass is 32.1. The topological polar surface area (TPSA) is 195 Å². The minimum atomic E-state index is -1.52. The number of thiazole rings is 1. The lowest BCUT2D eigenvalue weighted by molar-refractivity contribution is -0.141. The Kier molecular flexibility index (Phi) is 8.38. The number of nitrogens with one attached hydrogen (secondary N) is 2. The maximum absolute atomic E-state index is 12.1. The van der Waals surface area contributed by atoms with E-state index in [0.717, 1.165) is 11.3 Å². The van der Waals surface area contributed by atoms with Gasteiger partial charge in [-0.15, -0.1) is 11.3 Å². The Morgan fingerprint density at radius 1 is 1.31 bits per heavy atom. The first-order valence-corrected chi connectivity index (χ1v) is 8.49. The number of carboxylic acid groups (broad SMARTS) is 2. The summed E-state index contributed by atoms with van der Waals surface area (Å²) in [6.07, 6.45) is -0.157. The molecule has 0 unspecified atom stereocenters. The van der Waals surface area contributed by atoms with Crippen LogP contribution in [-0.4, -0.2) is 62.1 Å². The molecule has 0 spiro atoms. The summed E-state index contributed by atoms with van der Waals surface area (Å²) in [6, 6.07) is -3.87. The van der Waals surface area contributed by atoms with Crippen LogP contribution in [0, 0.1) is 0 Å². The number of aliphatic hydroxyl groups excluding tert-OH is 2. The van der Waals surface area contributed by atoms with Crippen LogP contribution in [0.25, 0.3) is 0 Å². The second-order valence-corrected chi connectivity index (χ2v) is 6.64. The molecule has 2 amide bonds. The standard InChI is InChI=1S/C14H22N4O7S/c1-6(20)11(13(23)24)18-14(25)17-8(2-3-10(21)22)12-16-4-9(26-12)7(15)5-19/h4,6-8,11,19-20H,2-3,5,15H2,1H3,(H,21,22)(H,23,24)(H2,17,18,25)/t6-,7-,8-,11-/m0/s1. The molecule has 0 aliphatic rings. The molecule has 1 aromatic heterocycles. The number of aliphatic hydroxyl groups is 2. The minimum Gasteiger partial charge on any atom is -0.481 e. The largest absolute Gasteiger partial charge is 0.481 e. The first kappa shape index (κ1) is 21.8. The van der Waals surface area contributed by atoms with Crippen LogP contribution in [0.5, 0.6) is 0 Å². The minimum absolute atomic E-state index is 0.0104. The van der Waals surface area contributed by atoms with Gasteiger partial charge < -0.3 is 36.8 Å². The van der Waals surface area contributed by atoms with Crippen LogP contribution < -0.4 is 16.4 Å². The summed E-state index contributed by atoms with van der Waals surface area (Å²) in [5.41, 5.74) is 5.70. The predicted octanol–water partition coefficient (Wildman–Crippen LogP) is -0.826. The summed E-state index contributed by atoms with van der Waals surface area (Å²) >= 11 is 1.10. The highest BCUT2D eigenvalue weighted by molar-refractivity contribution is 7.11. The van der Waals surface area contributed by atoms with Crippen LogP contribution in [0.3, 0.4) is 0 Å². The van der Waals surface area contributed by atoms with Crippen LogP contribution >= 0.6 is 11.3 Å². The van der Waals surface area contributed by atoms with E-state index in [1.54, 1.807) is 0 Å². The summed E-state index contributed by atoms with van der Waals surface area (Å²) in [5.74, 6) is -2.49. The van der Waals surface area contributed by atoms with Crippen LogP contribution in [0.2, 0.25) is 0 Å².